The zero-order chi connectivity index (χ0) is 17.9. The average Bonchev–Trinajstić information content (AvgIpc) is 2.60. The van der Waals surface area contributed by atoms with Gasteiger partial charge in [-0.3, -0.25) is 4.79 Å². The van der Waals surface area contributed by atoms with E-state index in [1.165, 1.54) is 0 Å². The van der Waals surface area contributed by atoms with Crippen LogP contribution in [0.2, 0.25) is 5.02 Å². The first-order valence-electron chi connectivity index (χ1n) is 7.33. The van der Waals surface area contributed by atoms with E-state index in [0.717, 1.165) is 5.56 Å². The van der Waals surface area contributed by atoms with Gasteiger partial charge in [-0.25, -0.2) is 0 Å². The molecule has 2 aromatic carbocycles. The Morgan fingerprint density at radius 1 is 1.12 bits per heavy atom. The summed E-state index contributed by atoms with van der Waals surface area (Å²) < 4.78 is 11.3. The molecule has 2 rings (SSSR count). The number of hydrogen-bond donors (Lipinski definition) is 0. The van der Waals surface area contributed by atoms with Crippen molar-refractivity contribution in [2.24, 2.45) is 0 Å². The Kier molecular flexibility index (Phi) is 6.13. The lowest BCUT2D eigenvalue weighted by Crippen LogP contribution is -2.29. The third-order valence-electron chi connectivity index (χ3n) is 3.95. The van der Waals surface area contributed by atoms with Crippen molar-refractivity contribution in [3.63, 3.8) is 0 Å². The largest absolute Gasteiger partial charge is 0.495 e. The molecule has 0 aliphatic rings. The van der Waals surface area contributed by atoms with Crippen LogP contribution in [0.1, 0.15) is 28.9 Å². The summed E-state index contributed by atoms with van der Waals surface area (Å²) in [6.07, 6.45) is 0. The fraction of sp³-hybridized carbons (Fsp3) is 0.278. The second-order valence-corrected chi connectivity index (χ2v) is 6.57. The van der Waals surface area contributed by atoms with E-state index in [2.05, 4.69) is 15.9 Å². The van der Waals surface area contributed by atoms with E-state index in [9.17, 15) is 4.79 Å². The quantitative estimate of drug-likeness (QED) is 0.697. The molecule has 0 heterocycles. The molecule has 0 saturated heterocycles. The lowest BCUT2D eigenvalue weighted by atomic mass is 10.1. The molecule has 128 valence electrons. The van der Waals surface area contributed by atoms with Gasteiger partial charge in [-0.1, -0.05) is 23.7 Å². The summed E-state index contributed by atoms with van der Waals surface area (Å²) in [5, 5.41) is 0.669. The summed E-state index contributed by atoms with van der Waals surface area (Å²) >= 11 is 9.33. The lowest BCUT2D eigenvalue weighted by Gasteiger charge is -2.26. The predicted octanol–water partition coefficient (Wildman–Crippen LogP) is 4.95. The summed E-state index contributed by atoms with van der Waals surface area (Å²) in [4.78, 5) is 14.5. The van der Waals surface area contributed by atoms with Crippen molar-refractivity contribution in [2.75, 3.05) is 21.3 Å². The maximum atomic E-state index is 12.8. The number of carbonyl (C=O) groups is 1. The van der Waals surface area contributed by atoms with Crippen LogP contribution < -0.4 is 9.47 Å². The number of hydrogen-bond acceptors (Lipinski definition) is 3. The van der Waals surface area contributed by atoms with Crippen molar-refractivity contribution in [1.82, 2.24) is 4.90 Å². The van der Waals surface area contributed by atoms with Crippen molar-refractivity contribution in [1.29, 1.82) is 0 Å². The number of methoxy groups -OCH3 is 2. The molecule has 0 fully saturated rings. The smallest absolute Gasteiger partial charge is 0.254 e. The minimum atomic E-state index is -0.124. The highest BCUT2D eigenvalue weighted by atomic mass is 79.9. The van der Waals surface area contributed by atoms with Crippen LogP contribution in [0.5, 0.6) is 11.5 Å². The molecule has 6 heteroatoms. The summed E-state index contributed by atoms with van der Waals surface area (Å²) in [6.45, 7) is 1.97. The molecule has 0 saturated carbocycles. The van der Waals surface area contributed by atoms with E-state index in [4.69, 9.17) is 21.1 Å². The Morgan fingerprint density at radius 2 is 1.62 bits per heavy atom. The number of amides is 1. The summed E-state index contributed by atoms with van der Waals surface area (Å²) in [7, 11) is 4.87. The van der Waals surface area contributed by atoms with E-state index < -0.39 is 0 Å². The Labute approximate surface area is 155 Å². The summed E-state index contributed by atoms with van der Waals surface area (Å²) in [6, 6.07) is 10.8. The second kappa shape index (κ2) is 7.90. The highest BCUT2D eigenvalue weighted by Gasteiger charge is 2.21. The highest BCUT2D eigenvalue weighted by Crippen LogP contribution is 2.36. The van der Waals surface area contributed by atoms with Gasteiger partial charge in [0.15, 0.2) is 0 Å². The van der Waals surface area contributed by atoms with Crippen LogP contribution in [-0.4, -0.2) is 32.1 Å². The van der Waals surface area contributed by atoms with Gasteiger partial charge >= 0.3 is 0 Å². The van der Waals surface area contributed by atoms with Gasteiger partial charge in [0.25, 0.3) is 5.91 Å². The van der Waals surface area contributed by atoms with E-state index in [0.29, 0.717) is 26.6 Å². The van der Waals surface area contributed by atoms with Crippen molar-refractivity contribution >= 4 is 33.4 Å². The zero-order valence-electron chi connectivity index (χ0n) is 14.0. The fourth-order valence-corrected chi connectivity index (χ4v) is 3.02. The third-order valence-corrected chi connectivity index (χ3v) is 4.98. The predicted molar refractivity (Wildman–Crippen MR) is 99.2 cm³/mol. The van der Waals surface area contributed by atoms with Crippen molar-refractivity contribution in [3.8, 4) is 11.5 Å². The van der Waals surface area contributed by atoms with Crippen molar-refractivity contribution in [3.05, 3.63) is 57.0 Å². The Bertz CT molecular complexity index is 709. The number of rotatable bonds is 5. The topological polar surface area (TPSA) is 38.8 Å². The van der Waals surface area contributed by atoms with Crippen molar-refractivity contribution < 1.29 is 14.3 Å². The molecule has 1 amide bonds. The first kappa shape index (κ1) is 18.6. The van der Waals surface area contributed by atoms with Crippen LogP contribution in [0.25, 0.3) is 0 Å². The Morgan fingerprint density at radius 3 is 2.08 bits per heavy atom. The van der Waals surface area contributed by atoms with Gasteiger partial charge in [0.05, 0.1) is 20.3 Å². The zero-order valence-corrected chi connectivity index (χ0v) is 16.3. The third kappa shape index (κ3) is 3.84. The molecule has 2 aromatic rings. The van der Waals surface area contributed by atoms with Crippen LogP contribution in [0.4, 0.5) is 0 Å². The lowest BCUT2D eigenvalue weighted by molar-refractivity contribution is 0.0742. The molecule has 1 unspecified atom stereocenters. The molecule has 24 heavy (non-hydrogen) atoms. The minimum absolute atomic E-state index is 0.101. The molecule has 1 atom stereocenters. The molecule has 0 N–H and O–H groups in total. The summed E-state index contributed by atoms with van der Waals surface area (Å²) in [5.41, 5.74) is 1.50. The van der Waals surface area contributed by atoms with Gasteiger partial charge in [0.1, 0.15) is 16.0 Å². The number of benzene rings is 2. The first-order valence-corrected chi connectivity index (χ1v) is 8.50. The molecule has 0 aromatic heterocycles. The number of ether oxygens (including phenoxy) is 2. The van der Waals surface area contributed by atoms with Crippen LogP contribution in [0, 0.1) is 0 Å². The van der Waals surface area contributed by atoms with Crippen LogP contribution >= 0.6 is 27.5 Å². The average molecular weight is 413 g/mol. The van der Waals surface area contributed by atoms with Crippen LogP contribution in [0.3, 0.4) is 0 Å². The maximum Gasteiger partial charge on any atom is 0.254 e. The van der Waals surface area contributed by atoms with Gasteiger partial charge in [-0.15, -0.1) is 0 Å². The SMILES string of the molecule is COc1cc(C(=O)N(C)C(C)c2ccc(Cl)cc2)cc(OC)c1Br. The van der Waals surface area contributed by atoms with Crippen LogP contribution in [-0.2, 0) is 0 Å². The van der Waals surface area contributed by atoms with Gasteiger partial charge < -0.3 is 14.4 Å². The molecule has 0 radical (unpaired) electrons. The van der Waals surface area contributed by atoms with Gasteiger partial charge in [-0.2, -0.15) is 0 Å². The van der Waals surface area contributed by atoms with Gasteiger partial charge in [0.2, 0.25) is 0 Å². The molecule has 4 nitrogen and oxygen atoms in total. The molecule has 0 spiro atoms. The van der Waals surface area contributed by atoms with Gasteiger partial charge in [-0.05, 0) is 52.7 Å². The first-order chi connectivity index (χ1) is 11.4. The molecular weight excluding hydrogens is 394 g/mol. The maximum absolute atomic E-state index is 12.8. The van der Waals surface area contributed by atoms with Crippen LogP contribution in [0.15, 0.2) is 40.9 Å². The number of halogens is 2. The Hall–Kier alpha value is -1.72. The summed E-state index contributed by atoms with van der Waals surface area (Å²) in [5.74, 6) is 0.969. The van der Waals surface area contributed by atoms with Gasteiger partial charge in [0, 0.05) is 17.6 Å². The molecule has 0 bridgehead atoms. The van der Waals surface area contributed by atoms with Crippen molar-refractivity contribution in [2.45, 2.75) is 13.0 Å². The van der Waals surface area contributed by atoms with E-state index in [-0.39, 0.29) is 11.9 Å². The molecule has 0 aliphatic carbocycles. The Balaban J connectivity index is 2.31. The highest BCUT2D eigenvalue weighted by molar-refractivity contribution is 9.10. The second-order valence-electron chi connectivity index (χ2n) is 5.34. The van der Waals surface area contributed by atoms with E-state index in [1.54, 1.807) is 38.3 Å². The standard InChI is InChI=1S/C18H19BrClNO3/c1-11(12-5-7-14(20)8-6-12)21(2)18(22)13-9-15(23-3)17(19)16(10-13)24-4/h5-11H,1-4H3. The molecule has 0 aliphatic heterocycles. The number of carbonyl (C=O) groups excluding carboxylic acids is 1. The monoisotopic (exact) mass is 411 g/mol. The number of nitrogens with zero attached hydrogens (tertiary/aromatic N) is 1. The van der Waals surface area contributed by atoms with E-state index >= 15 is 0 Å². The fourth-order valence-electron chi connectivity index (χ4n) is 2.34. The normalized spacial score (nSPS) is 11.8. The van der Waals surface area contributed by atoms with E-state index in [1.807, 2.05) is 31.2 Å². The molecular formula is C18H19BrClNO3. The minimum Gasteiger partial charge on any atom is -0.495 e.